The number of hydrogen-bond donors (Lipinski definition) is 2. The van der Waals surface area contributed by atoms with Crippen LogP contribution < -0.4 is 5.32 Å². The zero-order chi connectivity index (χ0) is 20.4. The molecule has 3 aromatic heterocycles. The van der Waals surface area contributed by atoms with Gasteiger partial charge in [-0.15, -0.1) is 5.10 Å². The number of aliphatic hydroxyl groups excluding tert-OH is 1. The third-order valence-corrected chi connectivity index (χ3v) is 5.04. The van der Waals surface area contributed by atoms with Crippen LogP contribution in [0.4, 0.5) is 10.5 Å². The second-order valence-electron chi connectivity index (χ2n) is 7.21. The smallest absolute Gasteiger partial charge is 0.322 e. The van der Waals surface area contributed by atoms with Crippen molar-refractivity contribution in [3.05, 3.63) is 48.2 Å². The molecule has 1 fully saturated rings. The van der Waals surface area contributed by atoms with Gasteiger partial charge in [0.2, 0.25) is 0 Å². The summed E-state index contributed by atoms with van der Waals surface area (Å²) in [5, 5.41) is 25.4. The number of carbonyl (C=O) groups is 1. The Kier molecular flexibility index (Phi) is 5.26. The van der Waals surface area contributed by atoms with Crippen LogP contribution in [0.15, 0.2) is 36.9 Å². The van der Waals surface area contributed by atoms with E-state index in [-0.39, 0.29) is 18.6 Å². The van der Waals surface area contributed by atoms with Gasteiger partial charge in [0.05, 0.1) is 42.5 Å². The summed E-state index contributed by atoms with van der Waals surface area (Å²) >= 11 is 0. The molecular weight excluding hydrogens is 372 g/mol. The average Bonchev–Trinajstić information content (AvgIpc) is 3.43. The normalized spacial score (nSPS) is 18.9. The van der Waals surface area contributed by atoms with Crippen LogP contribution in [0, 0.1) is 6.92 Å². The molecule has 1 aliphatic rings. The van der Waals surface area contributed by atoms with Crippen molar-refractivity contribution in [2.24, 2.45) is 0 Å². The first-order valence-corrected chi connectivity index (χ1v) is 9.66. The molecule has 0 aromatic carbocycles. The molecule has 0 saturated carbocycles. The van der Waals surface area contributed by atoms with Crippen LogP contribution in [0.3, 0.4) is 0 Å². The van der Waals surface area contributed by atoms with Gasteiger partial charge in [0.15, 0.2) is 5.82 Å². The number of urea groups is 1. The van der Waals surface area contributed by atoms with E-state index in [1.165, 1.54) is 0 Å². The van der Waals surface area contributed by atoms with Gasteiger partial charge in [0.25, 0.3) is 0 Å². The van der Waals surface area contributed by atoms with E-state index in [1.54, 1.807) is 39.1 Å². The van der Waals surface area contributed by atoms with Crippen LogP contribution >= 0.6 is 0 Å². The SMILES string of the molecule is CCCc1c(NC(=O)N2C[C@@H](O)[C@H](n3ccnn3)C2)cnn1-c1cc(C)ccn1. The number of aliphatic hydroxyl groups is 1. The van der Waals surface area contributed by atoms with E-state index in [1.807, 2.05) is 19.1 Å². The zero-order valence-electron chi connectivity index (χ0n) is 16.4. The molecule has 2 N–H and O–H groups in total. The molecule has 0 unspecified atom stereocenters. The molecule has 4 heterocycles. The van der Waals surface area contributed by atoms with Crippen LogP contribution in [-0.2, 0) is 6.42 Å². The monoisotopic (exact) mass is 396 g/mol. The second-order valence-corrected chi connectivity index (χ2v) is 7.21. The lowest BCUT2D eigenvalue weighted by atomic mass is 10.2. The summed E-state index contributed by atoms with van der Waals surface area (Å²) in [5.74, 6) is 0.719. The van der Waals surface area contributed by atoms with Crippen LogP contribution in [0.2, 0.25) is 0 Å². The third-order valence-electron chi connectivity index (χ3n) is 5.04. The summed E-state index contributed by atoms with van der Waals surface area (Å²) in [7, 11) is 0. The Hall–Kier alpha value is -3.27. The quantitative estimate of drug-likeness (QED) is 0.677. The number of carbonyl (C=O) groups excluding carboxylic acids is 1. The maximum atomic E-state index is 12.8. The minimum atomic E-state index is -0.697. The number of nitrogens with zero attached hydrogens (tertiary/aromatic N) is 7. The molecule has 0 aliphatic carbocycles. The molecule has 152 valence electrons. The first kappa shape index (κ1) is 19.1. The lowest BCUT2D eigenvalue weighted by Crippen LogP contribution is -2.34. The summed E-state index contributed by atoms with van der Waals surface area (Å²) in [6.45, 7) is 4.66. The Morgan fingerprint density at radius 3 is 2.93 bits per heavy atom. The van der Waals surface area contributed by atoms with Gasteiger partial charge in [-0.2, -0.15) is 5.10 Å². The predicted molar refractivity (Wildman–Crippen MR) is 106 cm³/mol. The van der Waals surface area contributed by atoms with Crippen molar-refractivity contribution in [1.82, 2.24) is 34.7 Å². The zero-order valence-corrected chi connectivity index (χ0v) is 16.4. The van der Waals surface area contributed by atoms with Gasteiger partial charge < -0.3 is 15.3 Å². The molecule has 10 nitrogen and oxygen atoms in total. The molecule has 10 heteroatoms. The van der Waals surface area contributed by atoms with E-state index >= 15 is 0 Å². The first-order valence-electron chi connectivity index (χ1n) is 9.66. The molecular formula is C19H24N8O2. The number of aromatic nitrogens is 6. The first-order chi connectivity index (χ1) is 14.1. The largest absolute Gasteiger partial charge is 0.389 e. The molecule has 1 saturated heterocycles. The topological polar surface area (TPSA) is 114 Å². The number of amides is 2. The minimum Gasteiger partial charge on any atom is -0.389 e. The summed E-state index contributed by atoms with van der Waals surface area (Å²) < 4.78 is 3.35. The highest BCUT2D eigenvalue weighted by Crippen LogP contribution is 2.24. The fourth-order valence-electron chi connectivity index (χ4n) is 3.57. The van der Waals surface area contributed by atoms with E-state index in [9.17, 15) is 9.90 Å². The molecule has 0 radical (unpaired) electrons. The number of pyridine rings is 1. The molecule has 1 aliphatic heterocycles. The Bertz CT molecular complexity index is 984. The van der Waals surface area contributed by atoms with Gasteiger partial charge in [-0.3, -0.25) is 0 Å². The number of anilines is 1. The number of aryl methyl sites for hydroxylation is 1. The van der Waals surface area contributed by atoms with Gasteiger partial charge in [0, 0.05) is 18.9 Å². The molecule has 29 heavy (non-hydrogen) atoms. The van der Waals surface area contributed by atoms with E-state index in [0.717, 1.165) is 29.9 Å². The highest BCUT2D eigenvalue weighted by Gasteiger charge is 2.36. The van der Waals surface area contributed by atoms with Crippen molar-refractivity contribution in [3.63, 3.8) is 0 Å². The minimum absolute atomic E-state index is 0.229. The summed E-state index contributed by atoms with van der Waals surface area (Å²) in [4.78, 5) is 18.8. The second kappa shape index (κ2) is 8.00. The van der Waals surface area contributed by atoms with Crippen molar-refractivity contribution >= 4 is 11.7 Å². The van der Waals surface area contributed by atoms with Crippen LogP contribution in [0.25, 0.3) is 5.82 Å². The maximum Gasteiger partial charge on any atom is 0.322 e. The highest BCUT2D eigenvalue weighted by molar-refractivity contribution is 5.90. The maximum absolute atomic E-state index is 12.8. The van der Waals surface area contributed by atoms with E-state index in [2.05, 4.69) is 32.6 Å². The lowest BCUT2D eigenvalue weighted by Gasteiger charge is -2.17. The van der Waals surface area contributed by atoms with Gasteiger partial charge in [-0.25, -0.2) is 19.1 Å². The number of β-amino-alcohol motifs (C(OH)–C–C–N with tert-alkyl or cyclic N) is 1. The van der Waals surface area contributed by atoms with Gasteiger partial charge >= 0.3 is 6.03 Å². The van der Waals surface area contributed by atoms with E-state index in [0.29, 0.717) is 12.2 Å². The van der Waals surface area contributed by atoms with Crippen LogP contribution in [0.5, 0.6) is 0 Å². The van der Waals surface area contributed by atoms with Crippen molar-refractivity contribution in [2.45, 2.75) is 38.8 Å². The standard InChI is InChI=1S/C19H24N8O2/c1-3-4-15-14(10-22-27(15)18-9-13(2)5-6-20-18)23-19(29)25-11-16(17(28)12-25)26-8-7-21-24-26/h5-10,16-17,28H,3-4,11-12H2,1-2H3,(H,23,29)/t16-,17-/m1/s1. The molecule has 2 atom stereocenters. The van der Waals surface area contributed by atoms with Gasteiger partial charge in [-0.1, -0.05) is 18.6 Å². The van der Waals surface area contributed by atoms with Crippen molar-refractivity contribution in [2.75, 3.05) is 18.4 Å². The van der Waals surface area contributed by atoms with Crippen molar-refractivity contribution < 1.29 is 9.90 Å². The Balaban J connectivity index is 1.53. The molecule has 2 amide bonds. The fraction of sp³-hybridized carbons (Fsp3) is 0.421. The molecule has 0 bridgehead atoms. The fourth-order valence-corrected chi connectivity index (χ4v) is 3.57. The average molecular weight is 396 g/mol. The van der Waals surface area contributed by atoms with Crippen LogP contribution in [0.1, 0.15) is 30.6 Å². The summed E-state index contributed by atoms with van der Waals surface area (Å²) in [6.07, 6.45) is 7.59. The van der Waals surface area contributed by atoms with E-state index < -0.39 is 6.10 Å². The number of likely N-dealkylation sites (tertiary alicyclic amines) is 1. The number of nitrogens with one attached hydrogen (secondary N) is 1. The highest BCUT2D eigenvalue weighted by atomic mass is 16.3. The number of rotatable bonds is 5. The third kappa shape index (κ3) is 3.83. The van der Waals surface area contributed by atoms with Crippen LogP contribution in [-0.4, -0.2) is 65.0 Å². The van der Waals surface area contributed by atoms with Gasteiger partial charge in [-0.05, 0) is 31.0 Å². The molecule has 3 aromatic rings. The van der Waals surface area contributed by atoms with Crippen molar-refractivity contribution in [1.29, 1.82) is 0 Å². The Morgan fingerprint density at radius 1 is 1.34 bits per heavy atom. The summed E-state index contributed by atoms with van der Waals surface area (Å²) in [6, 6.07) is 3.30. The van der Waals surface area contributed by atoms with E-state index in [4.69, 9.17) is 0 Å². The lowest BCUT2D eigenvalue weighted by molar-refractivity contribution is 0.139. The van der Waals surface area contributed by atoms with Crippen molar-refractivity contribution in [3.8, 4) is 5.82 Å². The molecule has 0 spiro atoms. The van der Waals surface area contributed by atoms with Gasteiger partial charge in [0.1, 0.15) is 0 Å². The summed E-state index contributed by atoms with van der Waals surface area (Å²) in [5.41, 5.74) is 2.63. The number of hydrogen-bond acceptors (Lipinski definition) is 6. The Labute approximate surface area is 168 Å². The predicted octanol–water partition coefficient (Wildman–Crippen LogP) is 1.57. The molecule has 4 rings (SSSR count). The Morgan fingerprint density at radius 2 is 2.21 bits per heavy atom.